The third-order valence-corrected chi connectivity index (χ3v) is 18.1. The summed E-state index contributed by atoms with van der Waals surface area (Å²) in [4.78, 5) is 24.6. The summed E-state index contributed by atoms with van der Waals surface area (Å²) in [5.74, 6) is -0.0345. The van der Waals surface area contributed by atoms with E-state index in [9.17, 15) is 19.8 Å². The number of aliphatic hydroxyl groups is 2. The SMILES string of the molecule is CCCCCCCCCCCCCCCCCC/C=C/C(O)C(CO)NC(=O)CCCCCCCCCCCCCCCCCCCCCCCCCCCCCCCCCOC(=O)CCCCCCCCCCCCCCCCCC. The molecule has 0 rings (SSSR count). The number of esters is 1. The summed E-state index contributed by atoms with van der Waals surface area (Å²) in [5.41, 5.74) is 0. The van der Waals surface area contributed by atoms with Crippen LogP contribution in [0.3, 0.4) is 0 Å². The first kappa shape index (κ1) is 80.6. The van der Waals surface area contributed by atoms with Crippen molar-refractivity contribution in [2.45, 2.75) is 450 Å². The second kappa shape index (κ2) is 72.1. The van der Waals surface area contributed by atoms with Crippen molar-refractivity contribution in [2.24, 2.45) is 0 Å². The largest absolute Gasteiger partial charge is 0.466 e. The van der Waals surface area contributed by atoms with Crippen LogP contribution >= 0.6 is 0 Å². The average molecular weight is 1160 g/mol. The van der Waals surface area contributed by atoms with E-state index in [1.54, 1.807) is 6.08 Å². The summed E-state index contributed by atoms with van der Waals surface area (Å²) in [6, 6.07) is -0.624. The minimum Gasteiger partial charge on any atom is -0.466 e. The van der Waals surface area contributed by atoms with E-state index < -0.39 is 12.1 Å². The summed E-state index contributed by atoms with van der Waals surface area (Å²) < 4.78 is 5.51. The molecular weight excluding hydrogens is 1010 g/mol. The molecule has 0 aromatic rings. The maximum atomic E-state index is 12.5. The highest BCUT2D eigenvalue weighted by molar-refractivity contribution is 5.76. The van der Waals surface area contributed by atoms with Crippen molar-refractivity contribution in [3.8, 4) is 0 Å². The molecule has 2 unspecified atom stereocenters. The van der Waals surface area contributed by atoms with Gasteiger partial charge in [-0.25, -0.2) is 0 Å². The molecule has 0 aliphatic carbocycles. The van der Waals surface area contributed by atoms with E-state index in [4.69, 9.17) is 4.74 Å². The van der Waals surface area contributed by atoms with Crippen LogP contribution in [0.1, 0.15) is 438 Å². The number of rotatable bonds is 72. The predicted molar refractivity (Wildman–Crippen MR) is 361 cm³/mol. The van der Waals surface area contributed by atoms with Crippen LogP contribution in [0.5, 0.6) is 0 Å². The van der Waals surface area contributed by atoms with Gasteiger partial charge in [-0.05, 0) is 32.1 Å². The molecule has 0 heterocycles. The van der Waals surface area contributed by atoms with Gasteiger partial charge in [0.15, 0.2) is 0 Å². The Morgan fingerprint density at radius 3 is 0.829 bits per heavy atom. The van der Waals surface area contributed by atoms with Crippen LogP contribution in [0.4, 0.5) is 0 Å². The van der Waals surface area contributed by atoms with Gasteiger partial charge in [0, 0.05) is 12.8 Å². The molecule has 6 nitrogen and oxygen atoms in total. The van der Waals surface area contributed by atoms with E-state index in [2.05, 4.69) is 19.2 Å². The number of carbonyl (C=O) groups is 2. The van der Waals surface area contributed by atoms with Crippen molar-refractivity contribution in [1.82, 2.24) is 5.32 Å². The fourth-order valence-electron chi connectivity index (χ4n) is 12.3. The zero-order valence-electron chi connectivity index (χ0n) is 56.0. The molecule has 0 spiro atoms. The number of hydrogen-bond donors (Lipinski definition) is 3. The molecule has 488 valence electrons. The van der Waals surface area contributed by atoms with E-state index in [1.165, 1.54) is 372 Å². The summed E-state index contributed by atoms with van der Waals surface area (Å²) in [5, 5.41) is 23.2. The lowest BCUT2D eigenvalue weighted by atomic mass is 10.0. The van der Waals surface area contributed by atoms with E-state index >= 15 is 0 Å². The Kier molecular flexibility index (Phi) is 70.8. The molecule has 0 fully saturated rings. The van der Waals surface area contributed by atoms with Crippen LogP contribution in [-0.4, -0.2) is 47.4 Å². The molecule has 0 saturated carbocycles. The quantitative estimate of drug-likeness (QED) is 0.0320. The molecule has 0 aliphatic heterocycles. The Bertz CT molecular complexity index is 1240. The number of aliphatic hydroxyl groups excluding tert-OH is 2. The molecular formula is C76H149NO5. The van der Waals surface area contributed by atoms with Crippen molar-refractivity contribution >= 4 is 11.9 Å². The third-order valence-electron chi connectivity index (χ3n) is 18.1. The van der Waals surface area contributed by atoms with Crippen LogP contribution in [0.15, 0.2) is 12.2 Å². The summed E-state index contributed by atoms with van der Waals surface area (Å²) in [6.07, 6.45) is 90.3. The highest BCUT2D eigenvalue weighted by Crippen LogP contribution is 2.20. The fourth-order valence-corrected chi connectivity index (χ4v) is 12.3. The van der Waals surface area contributed by atoms with Gasteiger partial charge in [0.2, 0.25) is 5.91 Å². The second-order valence-electron chi connectivity index (χ2n) is 26.4. The minimum atomic E-state index is -0.841. The van der Waals surface area contributed by atoms with Crippen LogP contribution in [0.2, 0.25) is 0 Å². The van der Waals surface area contributed by atoms with Crippen LogP contribution in [-0.2, 0) is 14.3 Å². The normalized spacial score (nSPS) is 12.5. The summed E-state index contributed by atoms with van der Waals surface area (Å²) in [6.45, 7) is 4.96. The number of carbonyl (C=O) groups excluding carboxylic acids is 2. The van der Waals surface area contributed by atoms with Gasteiger partial charge < -0.3 is 20.3 Å². The first-order chi connectivity index (χ1) is 40.5. The highest BCUT2D eigenvalue weighted by atomic mass is 16.5. The zero-order chi connectivity index (χ0) is 59.2. The maximum absolute atomic E-state index is 12.5. The van der Waals surface area contributed by atoms with Crippen LogP contribution < -0.4 is 5.32 Å². The highest BCUT2D eigenvalue weighted by Gasteiger charge is 2.18. The van der Waals surface area contributed by atoms with Crippen molar-refractivity contribution in [2.75, 3.05) is 13.2 Å². The molecule has 0 aromatic carbocycles. The van der Waals surface area contributed by atoms with E-state index in [1.807, 2.05) is 6.08 Å². The van der Waals surface area contributed by atoms with Gasteiger partial charge in [-0.1, -0.05) is 405 Å². The lowest BCUT2D eigenvalue weighted by Crippen LogP contribution is -2.45. The number of amides is 1. The Labute approximate surface area is 514 Å². The van der Waals surface area contributed by atoms with Gasteiger partial charge in [0.25, 0.3) is 0 Å². The Morgan fingerprint density at radius 1 is 0.329 bits per heavy atom. The number of ether oxygens (including phenoxy) is 1. The fraction of sp³-hybridized carbons (Fsp3) is 0.947. The first-order valence-corrected chi connectivity index (χ1v) is 38.0. The second-order valence-corrected chi connectivity index (χ2v) is 26.4. The zero-order valence-corrected chi connectivity index (χ0v) is 56.0. The minimum absolute atomic E-state index is 0.0250. The molecule has 0 radical (unpaired) electrons. The number of hydrogen-bond acceptors (Lipinski definition) is 5. The van der Waals surface area contributed by atoms with E-state index in [-0.39, 0.29) is 18.5 Å². The van der Waals surface area contributed by atoms with Gasteiger partial charge in [-0.15, -0.1) is 0 Å². The predicted octanol–water partition coefficient (Wildman–Crippen LogP) is 24.7. The van der Waals surface area contributed by atoms with Crippen LogP contribution in [0.25, 0.3) is 0 Å². The van der Waals surface area contributed by atoms with Gasteiger partial charge in [-0.2, -0.15) is 0 Å². The van der Waals surface area contributed by atoms with E-state index in [0.29, 0.717) is 19.4 Å². The molecule has 0 aliphatic rings. The molecule has 6 heteroatoms. The Morgan fingerprint density at radius 2 is 0.561 bits per heavy atom. The standard InChI is InChI=1S/C76H149NO5/c1-3-5-7-9-11-13-15-17-19-21-37-40-44-48-52-56-60-64-68-74(79)73(72-78)77-75(80)69-65-61-57-53-49-45-41-38-35-33-31-29-27-25-23-22-24-26-28-30-32-34-36-39-43-47-51-55-59-63-67-71-82-76(81)70-66-62-58-54-50-46-42-20-18-16-14-12-10-8-6-4-2/h64,68,73-74,78-79H,3-63,65-67,69-72H2,1-2H3,(H,77,80)/b68-64+. The monoisotopic (exact) mass is 1160 g/mol. The van der Waals surface area contributed by atoms with Crippen molar-refractivity contribution in [1.29, 1.82) is 0 Å². The molecule has 82 heavy (non-hydrogen) atoms. The summed E-state index contributed by atoms with van der Waals surface area (Å²) in [7, 11) is 0. The van der Waals surface area contributed by atoms with Crippen molar-refractivity contribution in [3.05, 3.63) is 12.2 Å². The third kappa shape index (κ3) is 67.7. The molecule has 3 N–H and O–H groups in total. The van der Waals surface area contributed by atoms with Gasteiger partial charge in [-0.3, -0.25) is 9.59 Å². The Balaban J connectivity index is 3.33. The van der Waals surface area contributed by atoms with Gasteiger partial charge in [0.1, 0.15) is 0 Å². The maximum Gasteiger partial charge on any atom is 0.305 e. The lowest BCUT2D eigenvalue weighted by Gasteiger charge is -2.20. The lowest BCUT2D eigenvalue weighted by molar-refractivity contribution is -0.143. The van der Waals surface area contributed by atoms with Crippen molar-refractivity contribution < 1.29 is 24.5 Å². The number of unbranched alkanes of at least 4 members (excludes halogenated alkanes) is 61. The summed E-state index contributed by atoms with van der Waals surface area (Å²) >= 11 is 0. The Hall–Kier alpha value is -1.40. The van der Waals surface area contributed by atoms with Gasteiger partial charge >= 0.3 is 5.97 Å². The van der Waals surface area contributed by atoms with E-state index in [0.717, 1.165) is 38.5 Å². The molecule has 0 aromatic heterocycles. The van der Waals surface area contributed by atoms with Gasteiger partial charge in [0.05, 0.1) is 25.4 Å². The molecule has 0 bridgehead atoms. The molecule has 0 saturated heterocycles. The molecule has 1 amide bonds. The van der Waals surface area contributed by atoms with Crippen molar-refractivity contribution in [3.63, 3.8) is 0 Å². The van der Waals surface area contributed by atoms with Crippen LogP contribution in [0, 0.1) is 0 Å². The molecule has 2 atom stereocenters. The smallest absolute Gasteiger partial charge is 0.305 e. The first-order valence-electron chi connectivity index (χ1n) is 38.0. The average Bonchev–Trinajstić information content (AvgIpc) is 3.48. The topological polar surface area (TPSA) is 95.9 Å². The number of allylic oxidation sites excluding steroid dienone is 1. The number of nitrogens with one attached hydrogen (secondary N) is 1.